The van der Waals surface area contributed by atoms with Crippen LogP contribution in [-0.2, 0) is 0 Å². The zero-order valence-electron chi connectivity index (χ0n) is 9.70. The number of hydrogen-bond donors (Lipinski definition) is 2. The van der Waals surface area contributed by atoms with Gasteiger partial charge in [-0.1, -0.05) is 13.3 Å². The third-order valence-corrected chi connectivity index (χ3v) is 3.75. The SMILES string of the molecule is CC1(CO)CCCC1NC(=O)c1ccc(Cl)o1. The molecule has 0 saturated heterocycles. The van der Waals surface area contributed by atoms with Gasteiger partial charge in [-0.25, -0.2) is 0 Å². The number of carbonyl (C=O) groups excluding carboxylic acids is 1. The second-order valence-corrected chi connectivity index (χ2v) is 5.21. The topological polar surface area (TPSA) is 62.5 Å². The summed E-state index contributed by atoms with van der Waals surface area (Å²) in [5.41, 5.74) is -0.230. The first-order chi connectivity index (χ1) is 8.05. The highest BCUT2D eigenvalue weighted by Gasteiger charge is 2.39. The lowest BCUT2D eigenvalue weighted by atomic mass is 9.86. The van der Waals surface area contributed by atoms with E-state index < -0.39 is 0 Å². The molecule has 5 heteroatoms. The number of hydrogen-bond acceptors (Lipinski definition) is 3. The average Bonchev–Trinajstić information content (AvgIpc) is 2.87. The Labute approximate surface area is 105 Å². The summed E-state index contributed by atoms with van der Waals surface area (Å²) in [6.45, 7) is 2.07. The molecule has 0 aromatic carbocycles. The van der Waals surface area contributed by atoms with E-state index in [2.05, 4.69) is 5.32 Å². The van der Waals surface area contributed by atoms with E-state index in [0.717, 1.165) is 19.3 Å². The minimum absolute atomic E-state index is 0.0103. The number of aliphatic hydroxyl groups is 1. The van der Waals surface area contributed by atoms with Crippen molar-refractivity contribution < 1.29 is 14.3 Å². The first-order valence-corrected chi connectivity index (χ1v) is 6.10. The van der Waals surface area contributed by atoms with Gasteiger partial charge in [0.2, 0.25) is 0 Å². The van der Waals surface area contributed by atoms with Gasteiger partial charge < -0.3 is 14.8 Å². The van der Waals surface area contributed by atoms with Crippen molar-refractivity contribution in [3.8, 4) is 0 Å². The number of nitrogens with one attached hydrogen (secondary N) is 1. The molecule has 1 saturated carbocycles. The van der Waals surface area contributed by atoms with E-state index in [-0.39, 0.29) is 35.0 Å². The van der Waals surface area contributed by atoms with Gasteiger partial charge >= 0.3 is 0 Å². The maximum atomic E-state index is 11.9. The van der Waals surface area contributed by atoms with E-state index in [1.807, 2.05) is 6.92 Å². The molecule has 1 aliphatic rings. The minimum Gasteiger partial charge on any atom is -0.440 e. The first-order valence-electron chi connectivity index (χ1n) is 5.72. The number of carbonyl (C=O) groups is 1. The van der Waals surface area contributed by atoms with Crippen LogP contribution in [0, 0.1) is 5.41 Å². The molecular weight excluding hydrogens is 242 g/mol. The molecule has 0 radical (unpaired) electrons. The van der Waals surface area contributed by atoms with Crippen molar-refractivity contribution >= 4 is 17.5 Å². The van der Waals surface area contributed by atoms with Gasteiger partial charge in [0, 0.05) is 11.5 Å². The summed E-state index contributed by atoms with van der Waals surface area (Å²) in [6.07, 6.45) is 2.82. The molecule has 1 aliphatic carbocycles. The molecule has 2 rings (SSSR count). The van der Waals surface area contributed by atoms with Crippen LogP contribution in [0.15, 0.2) is 16.5 Å². The Hall–Kier alpha value is -1.00. The summed E-state index contributed by atoms with van der Waals surface area (Å²) in [6, 6.07) is 3.07. The van der Waals surface area contributed by atoms with Gasteiger partial charge in [-0.3, -0.25) is 4.79 Å². The standard InChI is InChI=1S/C12H16ClNO3/c1-12(7-15)6-2-3-9(12)14-11(16)8-4-5-10(13)17-8/h4-5,9,15H,2-3,6-7H2,1H3,(H,14,16). The Kier molecular flexibility index (Phi) is 3.45. The molecule has 1 aromatic rings. The summed E-state index contributed by atoms with van der Waals surface area (Å²) in [4.78, 5) is 11.9. The summed E-state index contributed by atoms with van der Waals surface area (Å²) >= 11 is 5.62. The smallest absolute Gasteiger partial charge is 0.287 e. The van der Waals surface area contributed by atoms with E-state index >= 15 is 0 Å². The Morgan fingerprint density at radius 1 is 1.71 bits per heavy atom. The predicted octanol–water partition coefficient (Wildman–Crippen LogP) is 2.21. The molecule has 2 atom stereocenters. The van der Waals surface area contributed by atoms with Crippen LogP contribution in [0.3, 0.4) is 0 Å². The summed E-state index contributed by atoms with van der Waals surface area (Å²) in [5.74, 6) is -0.0642. The number of furan rings is 1. The Bertz CT molecular complexity index is 418. The molecule has 2 N–H and O–H groups in total. The molecule has 0 bridgehead atoms. The fourth-order valence-electron chi connectivity index (χ4n) is 2.33. The summed E-state index contributed by atoms with van der Waals surface area (Å²) in [5, 5.41) is 12.5. The van der Waals surface area contributed by atoms with E-state index in [9.17, 15) is 9.90 Å². The van der Waals surface area contributed by atoms with Crippen LogP contribution in [-0.4, -0.2) is 23.7 Å². The lowest BCUT2D eigenvalue weighted by Crippen LogP contribution is -2.44. The molecule has 4 nitrogen and oxygen atoms in total. The molecule has 1 aromatic heterocycles. The third-order valence-electron chi connectivity index (χ3n) is 3.55. The van der Waals surface area contributed by atoms with E-state index in [0.29, 0.717) is 0 Å². The van der Waals surface area contributed by atoms with Crippen LogP contribution in [0.1, 0.15) is 36.7 Å². The molecule has 1 heterocycles. The third kappa shape index (κ3) is 2.48. The molecule has 94 valence electrons. The Morgan fingerprint density at radius 2 is 2.47 bits per heavy atom. The molecule has 1 amide bonds. The van der Waals surface area contributed by atoms with Gasteiger partial charge in [0.25, 0.3) is 5.91 Å². The van der Waals surface area contributed by atoms with Crippen LogP contribution in [0.2, 0.25) is 5.22 Å². The predicted molar refractivity (Wildman–Crippen MR) is 64.0 cm³/mol. The Balaban J connectivity index is 2.04. The van der Waals surface area contributed by atoms with Crippen LogP contribution >= 0.6 is 11.6 Å². The summed E-state index contributed by atoms with van der Waals surface area (Å²) in [7, 11) is 0. The van der Waals surface area contributed by atoms with Crippen LogP contribution in [0.25, 0.3) is 0 Å². The van der Waals surface area contributed by atoms with E-state index in [1.54, 1.807) is 6.07 Å². The number of rotatable bonds is 3. The van der Waals surface area contributed by atoms with Crippen LogP contribution in [0.5, 0.6) is 0 Å². The van der Waals surface area contributed by atoms with Crippen LogP contribution < -0.4 is 5.32 Å². The van der Waals surface area contributed by atoms with Crippen molar-refractivity contribution in [2.24, 2.45) is 5.41 Å². The van der Waals surface area contributed by atoms with Gasteiger partial charge in [0.05, 0.1) is 6.61 Å². The van der Waals surface area contributed by atoms with Gasteiger partial charge in [-0.15, -0.1) is 0 Å². The van der Waals surface area contributed by atoms with Gasteiger partial charge in [-0.05, 0) is 36.6 Å². The fourth-order valence-corrected chi connectivity index (χ4v) is 2.48. The highest BCUT2D eigenvalue weighted by atomic mass is 35.5. The lowest BCUT2D eigenvalue weighted by Gasteiger charge is -2.29. The van der Waals surface area contributed by atoms with Gasteiger partial charge in [0.1, 0.15) is 0 Å². The molecule has 2 unspecified atom stereocenters. The number of halogens is 1. The van der Waals surface area contributed by atoms with Gasteiger partial charge in [0.15, 0.2) is 11.0 Å². The highest BCUT2D eigenvalue weighted by Crippen LogP contribution is 2.37. The van der Waals surface area contributed by atoms with Gasteiger partial charge in [-0.2, -0.15) is 0 Å². The molecular formula is C12H16ClNO3. The van der Waals surface area contributed by atoms with Crippen molar-refractivity contribution in [2.45, 2.75) is 32.2 Å². The maximum absolute atomic E-state index is 11.9. The zero-order chi connectivity index (χ0) is 12.5. The van der Waals surface area contributed by atoms with Crippen molar-refractivity contribution in [2.75, 3.05) is 6.61 Å². The second-order valence-electron chi connectivity index (χ2n) is 4.83. The largest absolute Gasteiger partial charge is 0.440 e. The monoisotopic (exact) mass is 257 g/mol. The van der Waals surface area contributed by atoms with Crippen LogP contribution in [0.4, 0.5) is 0 Å². The van der Waals surface area contributed by atoms with E-state index in [1.165, 1.54) is 6.07 Å². The first kappa shape index (κ1) is 12.5. The molecule has 1 fully saturated rings. The quantitative estimate of drug-likeness (QED) is 0.873. The highest BCUT2D eigenvalue weighted by molar-refractivity contribution is 6.29. The molecule has 17 heavy (non-hydrogen) atoms. The summed E-state index contributed by atoms with van der Waals surface area (Å²) < 4.78 is 5.05. The maximum Gasteiger partial charge on any atom is 0.287 e. The zero-order valence-corrected chi connectivity index (χ0v) is 10.5. The van der Waals surface area contributed by atoms with Crippen molar-refractivity contribution in [1.29, 1.82) is 0 Å². The number of aliphatic hydroxyl groups excluding tert-OH is 1. The fraction of sp³-hybridized carbons (Fsp3) is 0.583. The normalized spacial score (nSPS) is 28.3. The van der Waals surface area contributed by atoms with E-state index in [4.69, 9.17) is 16.0 Å². The van der Waals surface area contributed by atoms with Crippen molar-refractivity contribution in [3.05, 3.63) is 23.1 Å². The second kappa shape index (κ2) is 4.70. The molecule has 0 spiro atoms. The van der Waals surface area contributed by atoms with Crippen molar-refractivity contribution in [3.63, 3.8) is 0 Å². The molecule has 0 aliphatic heterocycles. The van der Waals surface area contributed by atoms with Crippen molar-refractivity contribution in [1.82, 2.24) is 5.32 Å². The minimum atomic E-state index is -0.275. The number of amides is 1. The lowest BCUT2D eigenvalue weighted by molar-refractivity contribution is 0.0806. The average molecular weight is 258 g/mol. The Morgan fingerprint density at radius 3 is 3.06 bits per heavy atom.